The Morgan fingerprint density at radius 3 is 2.94 bits per heavy atom. The zero-order valence-corrected chi connectivity index (χ0v) is 9.71. The fraction of sp³-hybridized carbons (Fsp3) is 0.364. The third-order valence-electron chi connectivity index (χ3n) is 2.17. The molecule has 0 aliphatic heterocycles. The molecule has 0 spiro atoms. The van der Waals surface area contributed by atoms with Gasteiger partial charge in [-0.15, -0.1) is 4.68 Å². The number of carbonyl (C=O) groups is 1. The number of hydrogen-bond donors (Lipinski definition) is 0. The van der Waals surface area contributed by atoms with E-state index in [0.29, 0.717) is 30.0 Å². The van der Waals surface area contributed by atoms with Crippen molar-refractivity contribution in [3.05, 3.63) is 18.5 Å². The topological polar surface area (TPSA) is 66.2 Å². The van der Waals surface area contributed by atoms with Crippen molar-refractivity contribution < 1.29 is 14.3 Å². The average Bonchev–Trinajstić information content (AvgIpc) is 2.74. The third-order valence-corrected chi connectivity index (χ3v) is 2.17. The van der Waals surface area contributed by atoms with Crippen molar-refractivity contribution in [2.75, 3.05) is 13.2 Å². The van der Waals surface area contributed by atoms with E-state index >= 15 is 0 Å². The van der Waals surface area contributed by atoms with Gasteiger partial charge in [0, 0.05) is 6.20 Å². The van der Waals surface area contributed by atoms with E-state index in [2.05, 4.69) is 10.1 Å². The van der Waals surface area contributed by atoms with Gasteiger partial charge in [-0.25, -0.2) is 9.78 Å². The molecular weight excluding hydrogens is 222 g/mol. The van der Waals surface area contributed by atoms with E-state index in [-0.39, 0.29) is 0 Å². The molecule has 0 aliphatic rings. The Kier molecular flexibility index (Phi) is 3.22. The summed E-state index contributed by atoms with van der Waals surface area (Å²) in [5.41, 5.74) is 0.439. The van der Waals surface area contributed by atoms with Gasteiger partial charge in [0.15, 0.2) is 5.65 Å². The molecule has 2 rings (SSSR count). The summed E-state index contributed by atoms with van der Waals surface area (Å²) < 4.78 is 11.4. The van der Waals surface area contributed by atoms with E-state index in [1.54, 1.807) is 25.4 Å². The molecule has 2 aromatic rings. The predicted octanol–water partition coefficient (Wildman–Crippen LogP) is 1.83. The zero-order chi connectivity index (χ0) is 12.3. The van der Waals surface area contributed by atoms with Gasteiger partial charge in [0.05, 0.1) is 24.8 Å². The minimum Gasteiger partial charge on any atom is -0.493 e. The molecule has 0 aliphatic carbocycles. The largest absolute Gasteiger partial charge is 0.493 e. The van der Waals surface area contributed by atoms with Crippen LogP contribution in [0.2, 0.25) is 0 Å². The lowest BCUT2D eigenvalue weighted by Crippen LogP contribution is -2.15. The van der Waals surface area contributed by atoms with Gasteiger partial charge in [0.1, 0.15) is 5.75 Å². The summed E-state index contributed by atoms with van der Waals surface area (Å²) in [6, 6.07) is 1.74. The van der Waals surface area contributed by atoms with E-state index in [1.165, 1.54) is 0 Å². The molecule has 17 heavy (non-hydrogen) atoms. The molecule has 0 saturated carbocycles. The summed E-state index contributed by atoms with van der Waals surface area (Å²) in [5.74, 6) is 0.660. The molecule has 0 fully saturated rings. The number of rotatable bonds is 3. The molecule has 2 aromatic heterocycles. The number of ether oxygens (including phenoxy) is 2. The van der Waals surface area contributed by atoms with Gasteiger partial charge in [-0.1, -0.05) is 0 Å². The molecule has 0 saturated heterocycles. The van der Waals surface area contributed by atoms with Crippen molar-refractivity contribution in [3.8, 4) is 5.75 Å². The third kappa shape index (κ3) is 2.06. The fourth-order valence-electron chi connectivity index (χ4n) is 1.50. The summed E-state index contributed by atoms with van der Waals surface area (Å²) in [6.45, 7) is 4.47. The lowest BCUT2D eigenvalue weighted by atomic mass is 10.3. The molecule has 0 aromatic carbocycles. The van der Waals surface area contributed by atoms with E-state index in [4.69, 9.17) is 9.47 Å². The van der Waals surface area contributed by atoms with Crippen molar-refractivity contribution in [1.82, 2.24) is 14.8 Å². The second kappa shape index (κ2) is 4.82. The highest BCUT2D eigenvalue weighted by Gasteiger charge is 2.14. The van der Waals surface area contributed by atoms with E-state index < -0.39 is 6.09 Å². The molecule has 0 unspecified atom stereocenters. The second-order valence-electron chi connectivity index (χ2n) is 3.23. The van der Waals surface area contributed by atoms with E-state index in [0.717, 1.165) is 4.68 Å². The van der Waals surface area contributed by atoms with Crippen LogP contribution in [0.5, 0.6) is 5.75 Å². The summed E-state index contributed by atoms with van der Waals surface area (Å²) in [6.07, 6.45) is 2.58. The van der Waals surface area contributed by atoms with Crippen LogP contribution in [0, 0.1) is 0 Å². The first kappa shape index (κ1) is 11.4. The second-order valence-corrected chi connectivity index (χ2v) is 3.23. The van der Waals surface area contributed by atoms with Crippen molar-refractivity contribution in [2.45, 2.75) is 13.8 Å². The SMILES string of the molecule is CCOC(=O)n1ncc2c(OCC)ccnc21. The Morgan fingerprint density at radius 1 is 1.41 bits per heavy atom. The monoisotopic (exact) mass is 235 g/mol. The van der Waals surface area contributed by atoms with Crippen molar-refractivity contribution >= 4 is 17.1 Å². The van der Waals surface area contributed by atoms with Crippen LogP contribution in [-0.4, -0.2) is 34.1 Å². The van der Waals surface area contributed by atoms with Gasteiger partial charge in [0.25, 0.3) is 0 Å². The highest BCUT2D eigenvalue weighted by molar-refractivity contribution is 5.88. The van der Waals surface area contributed by atoms with Crippen LogP contribution in [0.25, 0.3) is 11.0 Å². The maximum absolute atomic E-state index is 11.6. The molecule has 0 atom stereocenters. The van der Waals surface area contributed by atoms with Crippen LogP contribution in [0.15, 0.2) is 18.5 Å². The Bertz CT molecular complexity index is 536. The Hall–Kier alpha value is -2.11. The first-order valence-electron chi connectivity index (χ1n) is 5.40. The van der Waals surface area contributed by atoms with Gasteiger partial charge >= 0.3 is 6.09 Å². The maximum atomic E-state index is 11.6. The number of carbonyl (C=O) groups excluding carboxylic acids is 1. The molecule has 0 radical (unpaired) electrons. The summed E-state index contributed by atoms with van der Waals surface area (Å²) in [4.78, 5) is 15.7. The van der Waals surface area contributed by atoms with Gasteiger partial charge in [-0.05, 0) is 19.9 Å². The van der Waals surface area contributed by atoms with Gasteiger partial charge in [-0.3, -0.25) is 0 Å². The van der Waals surface area contributed by atoms with E-state index in [9.17, 15) is 4.79 Å². The van der Waals surface area contributed by atoms with Gasteiger partial charge < -0.3 is 9.47 Å². The van der Waals surface area contributed by atoms with Crippen LogP contribution in [0.1, 0.15) is 13.8 Å². The average molecular weight is 235 g/mol. The molecule has 6 nitrogen and oxygen atoms in total. The minimum absolute atomic E-state index is 0.297. The van der Waals surface area contributed by atoms with Crippen LogP contribution in [0.3, 0.4) is 0 Å². The Balaban J connectivity index is 2.47. The minimum atomic E-state index is -0.538. The highest BCUT2D eigenvalue weighted by atomic mass is 16.6. The molecule has 0 amide bonds. The van der Waals surface area contributed by atoms with Crippen LogP contribution in [-0.2, 0) is 4.74 Å². The summed E-state index contributed by atoms with van der Waals surface area (Å²) in [7, 11) is 0. The normalized spacial score (nSPS) is 10.5. The van der Waals surface area contributed by atoms with Crippen LogP contribution < -0.4 is 4.74 Å². The number of pyridine rings is 1. The quantitative estimate of drug-likeness (QED) is 0.812. The first-order chi connectivity index (χ1) is 8.27. The molecule has 90 valence electrons. The van der Waals surface area contributed by atoms with Crippen molar-refractivity contribution in [2.24, 2.45) is 0 Å². The molecular formula is C11H13N3O3. The number of aromatic nitrogens is 3. The summed E-state index contributed by atoms with van der Waals surface area (Å²) in [5, 5.41) is 4.65. The standard InChI is InChI=1S/C11H13N3O3/c1-3-16-9-5-6-12-10-8(9)7-13-14(10)11(15)17-4-2/h5-7H,3-4H2,1-2H3. The molecule has 2 heterocycles. The van der Waals surface area contributed by atoms with Gasteiger partial charge in [-0.2, -0.15) is 5.10 Å². The van der Waals surface area contributed by atoms with Crippen LogP contribution in [0.4, 0.5) is 4.79 Å². The maximum Gasteiger partial charge on any atom is 0.436 e. The zero-order valence-electron chi connectivity index (χ0n) is 9.71. The molecule has 0 N–H and O–H groups in total. The van der Waals surface area contributed by atoms with Crippen molar-refractivity contribution in [3.63, 3.8) is 0 Å². The lowest BCUT2D eigenvalue weighted by molar-refractivity contribution is 0.151. The van der Waals surface area contributed by atoms with E-state index in [1.807, 2.05) is 6.92 Å². The number of nitrogens with zero attached hydrogens (tertiary/aromatic N) is 3. The fourth-order valence-corrected chi connectivity index (χ4v) is 1.50. The molecule has 6 heteroatoms. The van der Waals surface area contributed by atoms with Gasteiger partial charge in [0.2, 0.25) is 0 Å². The first-order valence-corrected chi connectivity index (χ1v) is 5.40. The van der Waals surface area contributed by atoms with Crippen molar-refractivity contribution in [1.29, 1.82) is 0 Å². The smallest absolute Gasteiger partial charge is 0.436 e. The van der Waals surface area contributed by atoms with Crippen LogP contribution >= 0.6 is 0 Å². The predicted molar refractivity (Wildman–Crippen MR) is 61.1 cm³/mol. The number of hydrogen-bond acceptors (Lipinski definition) is 5. The highest BCUT2D eigenvalue weighted by Crippen LogP contribution is 2.23. The Labute approximate surface area is 98.2 Å². The number of fused-ring (bicyclic) bond motifs is 1. The summed E-state index contributed by atoms with van der Waals surface area (Å²) >= 11 is 0. The Morgan fingerprint density at radius 2 is 2.24 bits per heavy atom. The lowest BCUT2D eigenvalue weighted by Gasteiger charge is -2.04. The molecule has 0 bridgehead atoms.